The molecule has 2 aliphatic heterocycles. The number of nitrogens with two attached hydrogens (primary N) is 1. The van der Waals surface area contributed by atoms with Gasteiger partial charge in [0.2, 0.25) is 5.91 Å². The highest BCUT2D eigenvalue weighted by molar-refractivity contribution is 5.96. The van der Waals surface area contributed by atoms with E-state index in [-0.39, 0.29) is 41.7 Å². The van der Waals surface area contributed by atoms with E-state index in [2.05, 4.69) is 5.10 Å². The van der Waals surface area contributed by atoms with Crippen molar-refractivity contribution in [2.75, 3.05) is 26.2 Å². The van der Waals surface area contributed by atoms with Crippen molar-refractivity contribution < 1.29 is 22.8 Å². The zero-order valence-electron chi connectivity index (χ0n) is 20.6. The number of alkyl halides is 3. The van der Waals surface area contributed by atoms with Crippen LogP contribution in [0.25, 0.3) is 0 Å². The van der Waals surface area contributed by atoms with Gasteiger partial charge in [-0.05, 0) is 50.2 Å². The van der Waals surface area contributed by atoms with Gasteiger partial charge in [-0.15, -0.1) is 12.4 Å². The Bertz CT molecular complexity index is 1130. The van der Waals surface area contributed by atoms with Crippen molar-refractivity contribution in [1.82, 2.24) is 19.6 Å². The number of aromatic nitrogens is 2. The number of nitrogens with zero attached hydrogens (tertiary/aromatic N) is 4. The van der Waals surface area contributed by atoms with Crippen molar-refractivity contribution >= 4 is 24.2 Å². The van der Waals surface area contributed by atoms with Crippen molar-refractivity contribution in [2.45, 2.75) is 69.1 Å². The monoisotopic (exact) mass is 539 g/mol. The second-order valence-electron chi connectivity index (χ2n) is 10.1. The van der Waals surface area contributed by atoms with E-state index in [1.807, 2.05) is 9.58 Å². The Hall–Kier alpha value is -2.59. The van der Waals surface area contributed by atoms with Crippen LogP contribution in [0, 0.1) is 0 Å². The summed E-state index contributed by atoms with van der Waals surface area (Å²) in [5.41, 5.74) is 6.42. The van der Waals surface area contributed by atoms with Gasteiger partial charge in [0.1, 0.15) is 0 Å². The van der Waals surface area contributed by atoms with Crippen molar-refractivity contribution in [3.05, 3.63) is 52.8 Å². The third-order valence-electron chi connectivity index (χ3n) is 7.69. The average molecular weight is 540 g/mol. The average Bonchev–Trinajstić information content (AvgIpc) is 3.41. The molecule has 0 radical (unpaired) electrons. The topological polar surface area (TPSA) is 84.5 Å². The van der Waals surface area contributed by atoms with E-state index in [9.17, 15) is 22.8 Å². The maximum atomic E-state index is 13.8. The summed E-state index contributed by atoms with van der Waals surface area (Å²) in [6, 6.07) is 5.05. The molecule has 1 unspecified atom stereocenters. The number of halogens is 4. The molecular weight excluding hydrogens is 507 g/mol. The SMILES string of the molecule is Cl.NCCC(=O)N1CCC(n2ncc(C(=O)N3CCCC3c3ccccc3C(F)(F)F)c2C2CC2)CC1. The second kappa shape index (κ2) is 11.0. The van der Waals surface area contributed by atoms with Gasteiger partial charge in [-0.25, -0.2) is 0 Å². The first kappa shape index (κ1) is 27.4. The molecule has 1 aromatic carbocycles. The van der Waals surface area contributed by atoms with E-state index in [4.69, 9.17) is 5.73 Å². The Kier molecular flexibility index (Phi) is 8.18. The molecule has 1 aromatic heterocycles. The Morgan fingerprint density at radius 3 is 2.38 bits per heavy atom. The molecule has 2 aromatic rings. The van der Waals surface area contributed by atoms with E-state index in [1.165, 1.54) is 12.1 Å². The number of carbonyl (C=O) groups is 2. The van der Waals surface area contributed by atoms with Crippen molar-refractivity contribution in [1.29, 1.82) is 0 Å². The summed E-state index contributed by atoms with van der Waals surface area (Å²) >= 11 is 0. The Morgan fingerprint density at radius 1 is 1.03 bits per heavy atom. The number of piperidine rings is 1. The summed E-state index contributed by atoms with van der Waals surface area (Å²) in [5, 5.41) is 4.62. The molecule has 37 heavy (non-hydrogen) atoms. The third kappa shape index (κ3) is 5.50. The number of rotatable bonds is 6. The molecule has 1 aliphatic carbocycles. The van der Waals surface area contributed by atoms with E-state index in [0.29, 0.717) is 51.0 Å². The van der Waals surface area contributed by atoms with Crippen LogP contribution in [0.5, 0.6) is 0 Å². The van der Waals surface area contributed by atoms with Crippen molar-refractivity contribution in [2.24, 2.45) is 5.73 Å². The molecule has 5 rings (SSSR count). The number of carbonyl (C=O) groups excluding carboxylic acids is 2. The zero-order valence-corrected chi connectivity index (χ0v) is 21.4. The minimum Gasteiger partial charge on any atom is -0.343 e. The van der Waals surface area contributed by atoms with E-state index in [0.717, 1.165) is 37.4 Å². The highest BCUT2D eigenvalue weighted by Gasteiger charge is 2.41. The minimum atomic E-state index is -4.47. The lowest BCUT2D eigenvalue weighted by Gasteiger charge is -2.33. The molecule has 3 fully saturated rings. The number of amides is 2. The van der Waals surface area contributed by atoms with Crippen LogP contribution in [0.15, 0.2) is 30.5 Å². The summed E-state index contributed by atoms with van der Waals surface area (Å²) in [5.74, 6) is 0.0685. The molecule has 2 amide bonds. The highest BCUT2D eigenvalue weighted by Crippen LogP contribution is 2.45. The highest BCUT2D eigenvalue weighted by atomic mass is 35.5. The number of benzene rings is 1. The lowest BCUT2D eigenvalue weighted by molar-refractivity contribution is -0.138. The van der Waals surface area contributed by atoms with Gasteiger partial charge in [0.05, 0.1) is 35.1 Å². The van der Waals surface area contributed by atoms with Gasteiger partial charge in [0.25, 0.3) is 5.91 Å². The largest absolute Gasteiger partial charge is 0.416 e. The normalized spacial score (nSPS) is 20.7. The Balaban J connectivity index is 0.00000320. The summed E-state index contributed by atoms with van der Waals surface area (Å²) in [6.45, 7) is 2.01. The van der Waals surface area contributed by atoms with Crippen LogP contribution in [0.4, 0.5) is 13.2 Å². The summed E-state index contributed by atoms with van der Waals surface area (Å²) in [4.78, 5) is 29.4. The minimum absolute atomic E-state index is 0. The molecule has 3 aliphatic rings. The van der Waals surface area contributed by atoms with Gasteiger partial charge in [-0.1, -0.05) is 18.2 Å². The maximum Gasteiger partial charge on any atom is 0.416 e. The molecule has 2 N–H and O–H groups in total. The first-order valence-electron chi connectivity index (χ1n) is 12.8. The molecule has 3 heterocycles. The van der Waals surface area contributed by atoms with Gasteiger partial charge >= 0.3 is 6.18 Å². The molecule has 202 valence electrons. The smallest absolute Gasteiger partial charge is 0.343 e. The van der Waals surface area contributed by atoms with E-state index >= 15 is 0 Å². The number of hydrogen-bond donors (Lipinski definition) is 1. The van der Waals surface area contributed by atoms with E-state index in [1.54, 1.807) is 17.2 Å². The summed E-state index contributed by atoms with van der Waals surface area (Å²) in [7, 11) is 0. The fraction of sp³-hybridized carbons (Fsp3) is 0.577. The van der Waals surface area contributed by atoms with Crippen LogP contribution in [-0.4, -0.2) is 57.6 Å². The summed E-state index contributed by atoms with van der Waals surface area (Å²) in [6.07, 6.45) is 2.07. The molecule has 2 saturated heterocycles. The predicted octanol–water partition coefficient (Wildman–Crippen LogP) is 4.69. The Morgan fingerprint density at radius 2 is 1.73 bits per heavy atom. The number of hydrogen-bond acceptors (Lipinski definition) is 4. The zero-order chi connectivity index (χ0) is 25.4. The number of likely N-dealkylation sites (tertiary alicyclic amines) is 2. The van der Waals surface area contributed by atoms with Crippen LogP contribution < -0.4 is 5.73 Å². The molecule has 7 nitrogen and oxygen atoms in total. The van der Waals surface area contributed by atoms with Crippen LogP contribution in [0.2, 0.25) is 0 Å². The fourth-order valence-electron chi connectivity index (χ4n) is 5.77. The van der Waals surface area contributed by atoms with Gasteiger partial charge in [0.15, 0.2) is 0 Å². The predicted molar refractivity (Wildman–Crippen MR) is 134 cm³/mol. The van der Waals surface area contributed by atoms with Crippen molar-refractivity contribution in [3.8, 4) is 0 Å². The van der Waals surface area contributed by atoms with Crippen LogP contribution >= 0.6 is 12.4 Å². The van der Waals surface area contributed by atoms with Crippen LogP contribution in [-0.2, 0) is 11.0 Å². The molecular formula is C26H33ClF3N5O2. The standard InChI is InChI=1S/C26H32F3N5O2.ClH/c27-26(28,29)21-5-2-1-4-19(21)22-6-3-13-33(22)25(36)20-16-31-34(24(20)17-7-8-17)18-10-14-32(15-11-18)23(35)9-12-30;/h1-2,4-5,16-18,22H,3,6-15,30H2;1H. The molecule has 0 spiro atoms. The first-order chi connectivity index (χ1) is 17.3. The quantitative estimate of drug-likeness (QED) is 0.577. The van der Waals surface area contributed by atoms with Crippen LogP contribution in [0.3, 0.4) is 0 Å². The maximum absolute atomic E-state index is 13.8. The molecule has 1 atom stereocenters. The Labute approximate surface area is 220 Å². The molecule has 11 heteroatoms. The van der Waals surface area contributed by atoms with Gasteiger partial charge in [0, 0.05) is 38.5 Å². The molecule has 1 saturated carbocycles. The van der Waals surface area contributed by atoms with Gasteiger partial charge < -0.3 is 15.5 Å². The van der Waals surface area contributed by atoms with Crippen LogP contribution in [0.1, 0.15) is 90.1 Å². The third-order valence-corrected chi connectivity index (χ3v) is 7.69. The van der Waals surface area contributed by atoms with Crippen molar-refractivity contribution in [3.63, 3.8) is 0 Å². The summed E-state index contributed by atoms with van der Waals surface area (Å²) < 4.78 is 43.1. The van der Waals surface area contributed by atoms with E-state index < -0.39 is 17.8 Å². The fourth-order valence-corrected chi connectivity index (χ4v) is 5.77. The van der Waals surface area contributed by atoms with Gasteiger partial charge in [-0.2, -0.15) is 18.3 Å². The lowest BCUT2D eigenvalue weighted by Crippen LogP contribution is -2.40. The lowest BCUT2D eigenvalue weighted by atomic mass is 9.97. The first-order valence-corrected chi connectivity index (χ1v) is 12.8. The second-order valence-corrected chi connectivity index (χ2v) is 10.1. The molecule has 0 bridgehead atoms. The van der Waals surface area contributed by atoms with Gasteiger partial charge in [-0.3, -0.25) is 14.3 Å².